The first-order chi connectivity index (χ1) is 14.1. The molecule has 2 aromatic rings. The highest BCUT2D eigenvalue weighted by molar-refractivity contribution is 5.34. The van der Waals surface area contributed by atoms with Crippen molar-refractivity contribution in [3.63, 3.8) is 0 Å². The largest absolute Gasteiger partial charge is 0.496 e. The summed E-state index contributed by atoms with van der Waals surface area (Å²) in [6.07, 6.45) is 0.641. The summed E-state index contributed by atoms with van der Waals surface area (Å²) >= 11 is 0. The van der Waals surface area contributed by atoms with Crippen molar-refractivity contribution in [1.82, 2.24) is 9.80 Å². The lowest BCUT2D eigenvalue weighted by molar-refractivity contribution is -0.119. The second-order valence-electron chi connectivity index (χ2n) is 7.90. The van der Waals surface area contributed by atoms with Crippen LogP contribution in [0, 0.1) is 5.82 Å². The topological polar surface area (TPSA) is 45.2 Å². The van der Waals surface area contributed by atoms with Crippen LogP contribution >= 0.6 is 0 Å². The molecule has 1 N–H and O–H groups in total. The van der Waals surface area contributed by atoms with Gasteiger partial charge in [-0.1, -0.05) is 36.4 Å². The summed E-state index contributed by atoms with van der Waals surface area (Å²) in [4.78, 5) is 4.68. The molecule has 2 fully saturated rings. The number of hydrogen-bond donors (Lipinski definition) is 1. The third-order valence-corrected chi connectivity index (χ3v) is 6.19. The molecule has 29 heavy (non-hydrogen) atoms. The Bertz CT molecular complexity index is 813. The molecule has 0 unspecified atom stereocenters. The van der Waals surface area contributed by atoms with E-state index in [-0.39, 0.29) is 11.9 Å². The lowest BCUT2D eigenvalue weighted by atomic mass is 9.79. The Balaban J connectivity index is 1.58. The molecule has 0 saturated carbocycles. The summed E-state index contributed by atoms with van der Waals surface area (Å²) in [7, 11) is 1.57. The van der Waals surface area contributed by atoms with Gasteiger partial charge < -0.3 is 14.6 Å². The first-order valence-corrected chi connectivity index (χ1v) is 10.2. The molecule has 5 nitrogen and oxygen atoms in total. The SMILES string of the molecule is COc1cc(F)ccc1CN1CC[C@](O)(c2ccccc2)[C@H](N2CCOCC2)C1. The van der Waals surface area contributed by atoms with Crippen molar-refractivity contribution < 1.29 is 19.0 Å². The van der Waals surface area contributed by atoms with Gasteiger partial charge in [-0.2, -0.15) is 0 Å². The fourth-order valence-corrected chi connectivity index (χ4v) is 4.59. The summed E-state index contributed by atoms with van der Waals surface area (Å²) in [6.45, 7) is 5.15. The maximum atomic E-state index is 13.6. The monoisotopic (exact) mass is 400 g/mol. The van der Waals surface area contributed by atoms with Crippen LogP contribution in [0.2, 0.25) is 0 Å². The van der Waals surface area contributed by atoms with Crippen LogP contribution in [0.5, 0.6) is 5.75 Å². The van der Waals surface area contributed by atoms with E-state index in [1.54, 1.807) is 13.2 Å². The Morgan fingerprint density at radius 1 is 1.14 bits per heavy atom. The van der Waals surface area contributed by atoms with Gasteiger partial charge in [0.15, 0.2) is 0 Å². The number of hydrogen-bond acceptors (Lipinski definition) is 5. The quantitative estimate of drug-likeness (QED) is 0.836. The summed E-state index contributed by atoms with van der Waals surface area (Å²) < 4.78 is 24.5. The maximum absolute atomic E-state index is 13.6. The van der Waals surface area contributed by atoms with E-state index in [4.69, 9.17) is 9.47 Å². The van der Waals surface area contributed by atoms with E-state index in [1.807, 2.05) is 30.3 Å². The molecule has 4 rings (SSSR count). The number of piperidine rings is 1. The molecule has 2 saturated heterocycles. The van der Waals surface area contributed by atoms with Crippen molar-refractivity contribution in [2.45, 2.75) is 24.6 Å². The Morgan fingerprint density at radius 3 is 2.62 bits per heavy atom. The van der Waals surface area contributed by atoms with Crippen LogP contribution in [0.15, 0.2) is 48.5 Å². The molecule has 6 heteroatoms. The van der Waals surface area contributed by atoms with Gasteiger partial charge in [-0.05, 0) is 18.1 Å². The highest BCUT2D eigenvalue weighted by Gasteiger charge is 2.46. The molecule has 2 aromatic carbocycles. The first kappa shape index (κ1) is 20.3. The number of halogens is 1. The minimum atomic E-state index is -0.901. The number of ether oxygens (including phenoxy) is 2. The van der Waals surface area contributed by atoms with Crippen LogP contribution in [0.4, 0.5) is 4.39 Å². The van der Waals surface area contributed by atoms with Gasteiger partial charge in [0.1, 0.15) is 17.2 Å². The van der Waals surface area contributed by atoms with E-state index in [0.717, 1.165) is 37.3 Å². The van der Waals surface area contributed by atoms with Crippen LogP contribution in [0.3, 0.4) is 0 Å². The molecule has 2 heterocycles. The molecule has 0 radical (unpaired) electrons. The van der Waals surface area contributed by atoms with Crippen molar-refractivity contribution in [2.24, 2.45) is 0 Å². The molecule has 2 aliphatic rings. The number of aliphatic hydroxyl groups is 1. The average molecular weight is 400 g/mol. The van der Waals surface area contributed by atoms with Crippen molar-refractivity contribution in [3.05, 3.63) is 65.5 Å². The predicted molar refractivity (Wildman–Crippen MR) is 109 cm³/mol. The normalized spacial score (nSPS) is 26.4. The average Bonchev–Trinajstić information content (AvgIpc) is 2.77. The predicted octanol–water partition coefficient (Wildman–Crippen LogP) is 2.63. The molecule has 2 aliphatic heterocycles. The highest BCUT2D eigenvalue weighted by Crippen LogP contribution is 2.37. The third-order valence-electron chi connectivity index (χ3n) is 6.19. The van der Waals surface area contributed by atoms with Crippen molar-refractivity contribution in [2.75, 3.05) is 46.5 Å². The molecule has 156 valence electrons. The van der Waals surface area contributed by atoms with Gasteiger partial charge in [0.25, 0.3) is 0 Å². The minimum absolute atomic E-state index is 0.0333. The molecular weight excluding hydrogens is 371 g/mol. The number of benzene rings is 2. The van der Waals surface area contributed by atoms with Crippen LogP contribution in [-0.4, -0.2) is 67.5 Å². The standard InChI is InChI=1S/C23H29FN2O3/c1-28-21-15-20(24)8-7-18(21)16-25-10-9-23(27,19-5-3-2-4-6-19)22(17-25)26-11-13-29-14-12-26/h2-8,15,22,27H,9-14,16-17H2,1H3/t22-,23+/m1/s1. The van der Waals surface area contributed by atoms with E-state index in [1.165, 1.54) is 12.1 Å². The maximum Gasteiger partial charge on any atom is 0.126 e. The summed E-state index contributed by atoms with van der Waals surface area (Å²) in [5.41, 5.74) is 1.03. The van der Waals surface area contributed by atoms with Gasteiger partial charge >= 0.3 is 0 Å². The van der Waals surface area contributed by atoms with Crippen molar-refractivity contribution in [1.29, 1.82) is 0 Å². The lowest BCUT2D eigenvalue weighted by Gasteiger charge is -2.50. The van der Waals surface area contributed by atoms with Crippen LogP contribution < -0.4 is 4.74 Å². The summed E-state index contributed by atoms with van der Waals surface area (Å²) in [5, 5.41) is 11.8. The Hall–Kier alpha value is -1.99. The van der Waals surface area contributed by atoms with E-state index in [2.05, 4.69) is 9.80 Å². The number of likely N-dealkylation sites (tertiary alicyclic amines) is 1. The van der Waals surface area contributed by atoms with Gasteiger partial charge in [-0.25, -0.2) is 4.39 Å². The fraction of sp³-hybridized carbons (Fsp3) is 0.478. The Kier molecular flexibility index (Phi) is 6.15. The second-order valence-corrected chi connectivity index (χ2v) is 7.90. The van der Waals surface area contributed by atoms with Gasteiger partial charge in [0, 0.05) is 44.4 Å². The first-order valence-electron chi connectivity index (χ1n) is 10.2. The second kappa shape index (κ2) is 8.79. The molecule has 0 aliphatic carbocycles. The van der Waals surface area contributed by atoms with Crippen molar-refractivity contribution >= 4 is 0 Å². The van der Waals surface area contributed by atoms with Gasteiger partial charge in [0.05, 0.1) is 26.4 Å². The molecule has 0 amide bonds. The number of morpholine rings is 1. The zero-order valence-electron chi connectivity index (χ0n) is 16.9. The number of nitrogens with zero attached hydrogens (tertiary/aromatic N) is 2. The smallest absolute Gasteiger partial charge is 0.126 e. The number of methoxy groups -OCH3 is 1. The zero-order chi connectivity index (χ0) is 20.3. The van der Waals surface area contributed by atoms with Crippen LogP contribution in [-0.2, 0) is 16.9 Å². The van der Waals surface area contributed by atoms with Crippen LogP contribution in [0.25, 0.3) is 0 Å². The molecule has 0 aromatic heterocycles. The fourth-order valence-electron chi connectivity index (χ4n) is 4.59. The molecular formula is C23H29FN2O3. The van der Waals surface area contributed by atoms with E-state index < -0.39 is 5.60 Å². The third kappa shape index (κ3) is 4.31. The Morgan fingerprint density at radius 2 is 1.90 bits per heavy atom. The lowest BCUT2D eigenvalue weighted by Crippen LogP contribution is -2.62. The van der Waals surface area contributed by atoms with Gasteiger partial charge in [-0.3, -0.25) is 9.80 Å². The molecule has 0 spiro atoms. The van der Waals surface area contributed by atoms with E-state index in [0.29, 0.717) is 31.9 Å². The highest BCUT2D eigenvalue weighted by atomic mass is 19.1. The molecule has 0 bridgehead atoms. The van der Waals surface area contributed by atoms with Gasteiger partial charge in [0.2, 0.25) is 0 Å². The summed E-state index contributed by atoms with van der Waals surface area (Å²) in [5.74, 6) is 0.269. The van der Waals surface area contributed by atoms with E-state index in [9.17, 15) is 9.50 Å². The van der Waals surface area contributed by atoms with Crippen LogP contribution in [0.1, 0.15) is 17.5 Å². The van der Waals surface area contributed by atoms with E-state index >= 15 is 0 Å². The Labute approximate surface area is 171 Å². The van der Waals surface area contributed by atoms with Crippen molar-refractivity contribution in [3.8, 4) is 5.75 Å². The minimum Gasteiger partial charge on any atom is -0.496 e. The summed E-state index contributed by atoms with van der Waals surface area (Å²) in [6, 6.07) is 14.6. The van der Waals surface area contributed by atoms with Gasteiger partial charge in [-0.15, -0.1) is 0 Å². The molecule has 2 atom stereocenters. The number of rotatable bonds is 5. The zero-order valence-corrected chi connectivity index (χ0v) is 16.9.